The molecule has 2 aromatic carbocycles. The number of methoxy groups -OCH3 is 2. The molecule has 8 nitrogen and oxygen atoms in total. The van der Waals surface area contributed by atoms with Crippen molar-refractivity contribution >= 4 is 22.7 Å². The van der Waals surface area contributed by atoms with Crippen LogP contribution < -0.4 is 10.1 Å². The first-order valence-corrected chi connectivity index (χ1v) is 10.8. The summed E-state index contributed by atoms with van der Waals surface area (Å²) in [6.45, 7) is 0.384. The summed E-state index contributed by atoms with van der Waals surface area (Å²) < 4.78 is 68.1. The Bertz CT molecular complexity index is 1510. The number of nitro benzene ring substituents is 1. The molecule has 0 aliphatic heterocycles. The third-order valence-corrected chi connectivity index (χ3v) is 5.67. The van der Waals surface area contributed by atoms with E-state index in [1.165, 1.54) is 55.1 Å². The van der Waals surface area contributed by atoms with Crippen molar-refractivity contribution in [2.75, 3.05) is 32.7 Å². The van der Waals surface area contributed by atoms with Gasteiger partial charge >= 0.3 is 5.69 Å². The molecular formula is C25H19F4N3O5. The molecule has 0 unspecified atom stereocenters. The molecule has 0 saturated heterocycles. The van der Waals surface area contributed by atoms with Crippen molar-refractivity contribution in [1.82, 2.24) is 4.40 Å². The number of benzene rings is 2. The maximum atomic E-state index is 15.7. The standard InChI is InChI=1S/C25H19F4N3O5/c1-36-9-7-30-17-12-20(37-2)21(23(29)24(17)32(34)35)14-4-3-8-31-18(14)5-6-19(31)25(33)13-10-15(26)22(28)16(27)11-13/h3-6,8,10-12,30H,7,9H2,1-2H3. The lowest BCUT2D eigenvalue weighted by molar-refractivity contribution is -0.386. The number of fused-ring (bicyclic) bond motifs is 1. The van der Waals surface area contributed by atoms with Gasteiger partial charge in [-0.25, -0.2) is 13.2 Å². The Morgan fingerprint density at radius 1 is 1.05 bits per heavy atom. The number of nitrogens with zero attached hydrogens (tertiary/aromatic N) is 2. The second-order valence-corrected chi connectivity index (χ2v) is 7.82. The van der Waals surface area contributed by atoms with Crippen molar-refractivity contribution in [3.8, 4) is 16.9 Å². The van der Waals surface area contributed by atoms with Crippen LogP contribution in [-0.2, 0) is 4.74 Å². The van der Waals surface area contributed by atoms with E-state index in [4.69, 9.17) is 9.47 Å². The van der Waals surface area contributed by atoms with Crippen LogP contribution in [0.2, 0.25) is 0 Å². The zero-order valence-electron chi connectivity index (χ0n) is 19.5. The molecule has 2 aromatic heterocycles. The largest absolute Gasteiger partial charge is 0.496 e. The molecule has 1 N–H and O–H groups in total. The Labute approximate surface area is 207 Å². The average Bonchev–Trinajstić information content (AvgIpc) is 3.30. The molecule has 0 amide bonds. The highest BCUT2D eigenvalue weighted by atomic mass is 19.2. The van der Waals surface area contributed by atoms with Gasteiger partial charge in [0.15, 0.2) is 17.5 Å². The van der Waals surface area contributed by atoms with Gasteiger partial charge in [-0.15, -0.1) is 0 Å². The minimum atomic E-state index is -1.71. The van der Waals surface area contributed by atoms with E-state index in [2.05, 4.69) is 5.32 Å². The Morgan fingerprint density at radius 2 is 1.76 bits per heavy atom. The van der Waals surface area contributed by atoms with Crippen molar-refractivity contribution < 1.29 is 36.8 Å². The highest BCUT2D eigenvalue weighted by Crippen LogP contribution is 2.43. The van der Waals surface area contributed by atoms with Crippen LogP contribution in [0.3, 0.4) is 0 Å². The predicted octanol–water partition coefficient (Wildman–Crippen LogP) is 5.37. The van der Waals surface area contributed by atoms with Gasteiger partial charge in [0.05, 0.1) is 35.4 Å². The zero-order chi connectivity index (χ0) is 26.9. The normalized spacial score (nSPS) is 11.1. The van der Waals surface area contributed by atoms with Gasteiger partial charge in [-0.3, -0.25) is 14.9 Å². The lowest BCUT2D eigenvalue weighted by Crippen LogP contribution is -2.11. The van der Waals surface area contributed by atoms with Gasteiger partial charge in [-0.2, -0.15) is 4.39 Å². The molecule has 0 fully saturated rings. The number of hydrogen-bond acceptors (Lipinski definition) is 6. The summed E-state index contributed by atoms with van der Waals surface area (Å²) >= 11 is 0. The summed E-state index contributed by atoms with van der Waals surface area (Å²) in [6.07, 6.45) is 1.45. The summed E-state index contributed by atoms with van der Waals surface area (Å²) in [5.41, 5.74) is -1.25. The fraction of sp³-hybridized carbons (Fsp3) is 0.160. The number of carbonyl (C=O) groups excluding carboxylic acids is 1. The maximum Gasteiger partial charge on any atom is 0.328 e. The van der Waals surface area contributed by atoms with Crippen LogP contribution in [0.4, 0.5) is 28.9 Å². The van der Waals surface area contributed by atoms with Gasteiger partial charge in [-0.05, 0) is 30.3 Å². The van der Waals surface area contributed by atoms with E-state index in [1.807, 2.05) is 0 Å². The quantitative estimate of drug-likeness (QED) is 0.0801. The first-order valence-electron chi connectivity index (χ1n) is 10.8. The molecule has 0 atom stereocenters. The van der Waals surface area contributed by atoms with Crippen molar-refractivity contribution in [3.63, 3.8) is 0 Å². The molecule has 0 bridgehead atoms. The molecule has 0 saturated carbocycles. The third kappa shape index (κ3) is 4.58. The molecule has 0 radical (unpaired) electrons. The number of anilines is 1. The van der Waals surface area contributed by atoms with Crippen LogP contribution in [0.25, 0.3) is 16.6 Å². The molecule has 192 valence electrons. The summed E-state index contributed by atoms with van der Waals surface area (Å²) in [6, 6.07) is 8.14. The number of rotatable bonds is 9. The summed E-state index contributed by atoms with van der Waals surface area (Å²) in [7, 11) is 2.72. The third-order valence-electron chi connectivity index (χ3n) is 5.67. The molecule has 0 spiro atoms. The van der Waals surface area contributed by atoms with E-state index in [1.54, 1.807) is 0 Å². The summed E-state index contributed by atoms with van der Waals surface area (Å²) in [4.78, 5) is 23.9. The molecule has 4 rings (SSSR count). The second-order valence-electron chi connectivity index (χ2n) is 7.82. The van der Waals surface area contributed by atoms with Crippen molar-refractivity contribution in [1.29, 1.82) is 0 Å². The van der Waals surface area contributed by atoms with Crippen LogP contribution in [0.15, 0.2) is 48.7 Å². The van der Waals surface area contributed by atoms with Gasteiger partial charge in [0.1, 0.15) is 11.4 Å². The SMILES string of the molecule is COCCNc1cc(OC)c(-c2cccn3c(C(=O)c4cc(F)c(F)c(F)c4)ccc23)c(F)c1[N+](=O)[O-]. The Hall–Kier alpha value is -4.45. The van der Waals surface area contributed by atoms with E-state index < -0.39 is 45.2 Å². The number of ketones is 1. The van der Waals surface area contributed by atoms with E-state index in [0.717, 1.165) is 0 Å². The van der Waals surface area contributed by atoms with E-state index in [9.17, 15) is 28.1 Å². The van der Waals surface area contributed by atoms with Crippen LogP contribution >= 0.6 is 0 Å². The van der Waals surface area contributed by atoms with Crippen LogP contribution in [0, 0.1) is 33.4 Å². The van der Waals surface area contributed by atoms with Crippen molar-refractivity contribution in [2.24, 2.45) is 0 Å². The average molecular weight is 517 g/mol. The number of halogens is 4. The second kappa shape index (κ2) is 10.3. The van der Waals surface area contributed by atoms with Gasteiger partial charge < -0.3 is 19.2 Å². The first kappa shape index (κ1) is 25.6. The number of ether oxygens (including phenoxy) is 2. The smallest absolute Gasteiger partial charge is 0.328 e. The van der Waals surface area contributed by atoms with Gasteiger partial charge in [0, 0.05) is 37.0 Å². The van der Waals surface area contributed by atoms with Gasteiger partial charge in [0.2, 0.25) is 11.6 Å². The van der Waals surface area contributed by atoms with Crippen LogP contribution in [-0.4, -0.2) is 42.5 Å². The van der Waals surface area contributed by atoms with Gasteiger partial charge in [-0.1, -0.05) is 6.07 Å². The predicted molar refractivity (Wildman–Crippen MR) is 126 cm³/mol. The minimum absolute atomic E-state index is 0.0205. The molecule has 12 heteroatoms. The number of hydrogen-bond donors (Lipinski definition) is 1. The lowest BCUT2D eigenvalue weighted by Gasteiger charge is -2.15. The fourth-order valence-corrected chi connectivity index (χ4v) is 4.00. The maximum absolute atomic E-state index is 15.7. The Balaban J connectivity index is 1.88. The zero-order valence-corrected chi connectivity index (χ0v) is 19.5. The highest BCUT2D eigenvalue weighted by molar-refractivity contribution is 6.09. The van der Waals surface area contributed by atoms with Crippen LogP contribution in [0.5, 0.6) is 5.75 Å². The molecule has 2 heterocycles. The Morgan fingerprint density at radius 3 is 2.38 bits per heavy atom. The van der Waals surface area contributed by atoms with Crippen molar-refractivity contribution in [3.05, 3.63) is 93.3 Å². The Kier molecular flexibility index (Phi) is 7.11. The van der Waals surface area contributed by atoms with E-state index >= 15 is 4.39 Å². The molecule has 37 heavy (non-hydrogen) atoms. The molecule has 0 aliphatic rings. The molecule has 0 aliphatic carbocycles. The number of carbonyl (C=O) groups is 1. The summed E-state index contributed by atoms with van der Waals surface area (Å²) in [5.74, 6) is -6.78. The fourth-order valence-electron chi connectivity index (χ4n) is 4.00. The number of pyridine rings is 1. The summed E-state index contributed by atoms with van der Waals surface area (Å²) in [5, 5.41) is 14.5. The topological polar surface area (TPSA) is 95.1 Å². The number of nitro groups is 1. The van der Waals surface area contributed by atoms with E-state index in [0.29, 0.717) is 12.1 Å². The molecular weight excluding hydrogens is 498 g/mol. The molecule has 4 aromatic rings. The van der Waals surface area contributed by atoms with Crippen molar-refractivity contribution in [2.45, 2.75) is 0 Å². The number of nitrogens with one attached hydrogen (secondary N) is 1. The van der Waals surface area contributed by atoms with E-state index in [-0.39, 0.29) is 46.9 Å². The lowest BCUT2D eigenvalue weighted by atomic mass is 10.0. The highest BCUT2D eigenvalue weighted by Gasteiger charge is 2.30. The number of aromatic nitrogens is 1. The monoisotopic (exact) mass is 517 g/mol. The first-order chi connectivity index (χ1) is 17.7. The minimum Gasteiger partial charge on any atom is -0.496 e. The van der Waals surface area contributed by atoms with Gasteiger partial charge in [0.25, 0.3) is 0 Å². The van der Waals surface area contributed by atoms with Crippen LogP contribution in [0.1, 0.15) is 16.1 Å².